The summed E-state index contributed by atoms with van der Waals surface area (Å²) in [6, 6.07) is 5.57. The molecule has 2 nitrogen and oxygen atoms in total. The van der Waals surface area contributed by atoms with Gasteiger partial charge in [0.25, 0.3) is 6.08 Å². The first-order valence-electron chi connectivity index (χ1n) is 5.53. The van der Waals surface area contributed by atoms with Crippen LogP contribution in [0, 0.1) is 0 Å². The average Bonchev–Trinajstić information content (AvgIpc) is 2.36. The van der Waals surface area contributed by atoms with E-state index < -0.39 is 6.08 Å². The predicted octanol–water partition coefficient (Wildman–Crippen LogP) is 3.10. The summed E-state index contributed by atoms with van der Waals surface area (Å²) in [4.78, 5) is 0. The predicted molar refractivity (Wildman–Crippen MR) is 62.7 cm³/mol. The summed E-state index contributed by atoms with van der Waals surface area (Å²) in [5, 5.41) is 3.15. The molecule has 1 unspecified atom stereocenters. The monoisotopic (exact) mass is 239 g/mol. The van der Waals surface area contributed by atoms with Crippen molar-refractivity contribution in [1.82, 2.24) is 5.32 Å². The molecule has 0 radical (unpaired) electrons. The Morgan fingerprint density at radius 1 is 1.41 bits per heavy atom. The Morgan fingerprint density at radius 3 is 2.82 bits per heavy atom. The van der Waals surface area contributed by atoms with E-state index in [-0.39, 0.29) is 11.6 Å². The zero-order valence-electron chi connectivity index (χ0n) is 9.89. The second-order valence-corrected chi connectivity index (χ2v) is 4.16. The van der Waals surface area contributed by atoms with Crippen molar-refractivity contribution in [3.05, 3.63) is 41.0 Å². The molecule has 0 saturated carbocycles. The van der Waals surface area contributed by atoms with Gasteiger partial charge in [-0.15, -0.1) is 0 Å². The zero-order valence-corrected chi connectivity index (χ0v) is 9.89. The van der Waals surface area contributed by atoms with Gasteiger partial charge in [0, 0.05) is 5.57 Å². The first-order chi connectivity index (χ1) is 8.13. The van der Waals surface area contributed by atoms with Crippen LogP contribution in [0.1, 0.15) is 29.7 Å². The first kappa shape index (κ1) is 12.2. The van der Waals surface area contributed by atoms with E-state index in [4.69, 9.17) is 4.74 Å². The molecule has 0 fully saturated rings. The molecule has 1 aliphatic heterocycles. The van der Waals surface area contributed by atoms with E-state index in [0.29, 0.717) is 18.8 Å². The third-order valence-electron chi connectivity index (χ3n) is 3.13. The highest BCUT2D eigenvalue weighted by Gasteiger charge is 2.19. The number of fused-ring (bicyclic) bond motifs is 1. The van der Waals surface area contributed by atoms with Crippen molar-refractivity contribution in [2.75, 3.05) is 13.7 Å². The van der Waals surface area contributed by atoms with Crippen molar-refractivity contribution in [2.45, 2.75) is 19.6 Å². The van der Waals surface area contributed by atoms with Crippen molar-refractivity contribution < 1.29 is 13.5 Å². The van der Waals surface area contributed by atoms with Crippen LogP contribution >= 0.6 is 0 Å². The molecule has 0 aliphatic carbocycles. The Hall–Kier alpha value is -1.26. The van der Waals surface area contributed by atoms with Crippen molar-refractivity contribution in [1.29, 1.82) is 0 Å². The van der Waals surface area contributed by atoms with Crippen molar-refractivity contribution in [3.8, 4) is 0 Å². The standard InChI is InChI=1S/C13H15F2NO/c1-8(13(14)15)9-3-4-11-10(5-9)6-17-7-12(11)16-2/h3-5,12,16H,6-7H2,1-2H3. The van der Waals surface area contributed by atoms with E-state index in [2.05, 4.69) is 5.32 Å². The van der Waals surface area contributed by atoms with Gasteiger partial charge in [0.05, 0.1) is 19.3 Å². The van der Waals surface area contributed by atoms with Crippen molar-refractivity contribution >= 4 is 5.57 Å². The van der Waals surface area contributed by atoms with Gasteiger partial charge in [0.1, 0.15) is 0 Å². The minimum absolute atomic E-state index is 0.0272. The van der Waals surface area contributed by atoms with Crippen LogP contribution in [-0.2, 0) is 11.3 Å². The van der Waals surface area contributed by atoms with Crippen LogP contribution in [0.2, 0.25) is 0 Å². The number of hydrogen-bond acceptors (Lipinski definition) is 2. The van der Waals surface area contributed by atoms with Gasteiger partial charge in [0.2, 0.25) is 0 Å². The van der Waals surface area contributed by atoms with Crippen LogP contribution < -0.4 is 5.32 Å². The number of nitrogens with one attached hydrogen (secondary N) is 1. The van der Waals surface area contributed by atoms with Crippen LogP contribution in [0.4, 0.5) is 8.78 Å². The number of allylic oxidation sites excluding steroid dienone is 1. The molecule has 2 rings (SSSR count). The average molecular weight is 239 g/mol. The van der Waals surface area contributed by atoms with Gasteiger partial charge in [-0.25, -0.2) is 0 Å². The second-order valence-electron chi connectivity index (χ2n) is 4.16. The molecule has 1 aromatic carbocycles. The molecule has 1 aromatic rings. The second kappa shape index (κ2) is 4.94. The Kier molecular flexibility index (Phi) is 3.54. The van der Waals surface area contributed by atoms with Crippen LogP contribution in [0.25, 0.3) is 5.57 Å². The highest BCUT2D eigenvalue weighted by atomic mass is 19.3. The van der Waals surface area contributed by atoms with Crippen molar-refractivity contribution in [3.63, 3.8) is 0 Å². The summed E-state index contributed by atoms with van der Waals surface area (Å²) in [5.41, 5.74) is 2.70. The summed E-state index contributed by atoms with van der Waals surface area (Å²) in [7, 11) is 1.86. The van der Waals surface area contributed by atoms with Gasteiger partial charge in [0.15, 0.2) is 0 Å². The van der Waals surface area contributed by atoms with E-state index >= 15 is 0 Å². The normalized spacial score (nSPS) is 18.7. The quantitative estimate of drug-likeness (QED) is 0.856. The zero-order chi connectivity index (χ0) is 12.4. The van der Waals surface area contributed by atoms with E-state index in [9.17, 15) is 8.78 Å². The fourth-order valence-corrected chi connectivity index (χ4v) is 2.03. The summed E-state index contributed by atoms with van der Waals surface area (Å²) in [6.07, 6.45) is -1.63. The van der Waals surface area contributed by atoms with Crippen LogP contribution in [0.15, 0.2) is 24.3 Å². The number of benzene rings is 1. The topological polar surface area (TPSA) is 21.3 Å². The van der Waals surface area contributed by atoms with E-state index in [1.54, 1.807) is 12.1 Å². The third kappa shape index (κ3) is 2.37. The van der Waals surface area contributed by atoms with Gasteiger partial charge >= 0.3 is 0 Å². The Morgan fingerprint density at radius 2 is 2.18 bits per heavy atom. The van der Waals surface area contributed by atoms with Gasteiger partial charge in [-0.2, -0.15) is 8.78 Å². The molecule has 1 aliphatic rings. The molecule has 0 amide bonds. The molecular weight excluding hydrogens is 224 g/mol. The largest absolute Gasteiger partial charge is 0.375 e. The fourth-order valence-electron chi connectivity index (χ4n) is 2.03. The van der Waals surface area contributed by atoms with Gasteiger partial charge in [-0.3, -0.25) is 0 Å². The van der Waals surface area contributed by atoms with Gasteiger partial charge in [-0.05, 0) is 36.7 Å². The number of halogens is 2. The SMILES string of the molecule is CNC1COCc2cc(C(C)=C(F)F)ccc21. The molecule has 1 atom stereocenters. The first-order valence-corrected chi connectivity index (χ1v) is 5.53. The molecule has 0 bridgehead atoms. The summed E-state index contributed by atoms with van der Waals surface area (Å²) < 4.78 is 30.5. The molecule has 0 aromatic heterocycles. The molecular formula is C13H15F2NO. The highest BCUT2D eigenvalue weighted by molar-refractivity contribution is 5.65. The Labute approximate surface area is 99.3 Å². The molecule has 0 spiro atoms. The minimum atomic E-state index is -1.63. The maximum atomic E-state index is 12.5. The molecule has 0 saturated heterocycles. The van der Waals surface area contributed by atoms with E-state index in [0.717, 1.165) is 11.1 Å². The molecule has 17 heavy (non-hydrogen) atoms. The lowest BCUT2D eigenvalue weighted by molar-refractivity contribution is 0.0844. The van der Waals surface area contributed by atoms with E-state index in [1.807, 2.05) is 13.1 Å². The summed E-state index contributed by atoms with van der Waals surface area (Å²) >= 11 is 0. The number of rotatable bonds is 2. The molecule has 1 heterocycles. The van der Waals surface area contributed by atoms with E-state index in [1.165, 1.54) is 6.92 Å². The van der Waals surface area contributed by atoms with Gasteiger partial charge in [-0.1, -0.05) is 12.1 Å². The molecule has 92 valence electrons. The number of ether oxygens (including phenoxy) is 1. The summed E-state index contributed by atoms with van der Waals surface area (Å²) in [6.45, 7) is 2.54. The lowest BCUT2D eigenvalue weighted by atomic mass is 9.95. The Balaban J connectivity index is 2.41. The summed E-state index contributed by atoms with van der Waals surface area (Å²) in [5.74, 6) is 0. The fraction of sp³-hybridized carbons (Fsp3) is 0.385. The number of likely N-dealkylation sites (N-methyl/N-ethyl adjacent to an activating group) is 1. The van der Waals surface area contributed by atoms with Crippen LogP contribution in [0.3, 0.4) is 0 Å². The lowest BCUT2D eigenvalue weighted by Gasteiger charge is -2.25. The van der Waals surface area contributed by atoms with Crippen LogP contribution in [-0.4, -0.2) is 13.7 Å². The maximum Gasteiger partial charge on any atom is 0.273 e. The lowest BCUT2D eigenvalue weighted by Crippen LogP contribution is -2.26. The smallest absolute Gasteiger partial charge is 0.273 e. The minimum Gasteiger partial charge on any atom is -0.375 e. The highest BCUT2D eigenvalue weighted by Crippen LogP contribution is 2.29. The number of hydrogen-bond donors (Lipinski definition) is 1. The Bertz CT molecular complexity index is 453. The molecule has 4 heteroatoms. The van der Waals surface area contributed by atoms with Gasteiger partial charge < -0.3 is 10.1 Å². The van der Waals surface area contributed by atoms with Crippen LogP contribution in [0.5, 0.6) is 0 Å². The van der Waals surface area contributed by atoms with Crippen molar-refractivity contribution in [2.24, 2.45) is 0 Å². The maximum absolute atomic E-state index is 12.5. The molecule has 1 N–H and O–H groups in total. The third-order valence-corrected chi connectivity index (χ3v) is 3.13.